The quantitative estimate of drug-likeness (QED) is 0.731. The molecule has 0 atom stereocenters. The summed E-state index contributed by atoms with van der Waals surface area (Å²) >= 11 is 4.41. The normalized spacial score (nSPS) is 9.09. The third-order valence-electron chi connectivity index (χ3n) is 0.956. The van der Waals surface area contributed by atoms with Gasteiger partial charge in [0.15, 0.2) is 5.01 Å². The topological polar surface area (TPSA) is 53.8 Å². The molecule has 0 aliphatic heterocycles. The van der Waals surface area contributed by atoms with Crippen molar-refractivity contribution in [3.05, 3.63) is 15.0 Å². The molecular formula is C6H3BrN2OS. The Morgan fingerprint density at radius 1 is 1.91 bits per heavy atom. The van der Waals surface area contributed by atoms with Gasteiger partial charge in [-0.1, -0.05) is 0 Å². The van der Waals surface area contributed by atoms with Crippen molar-refractivity contribution in [1.82, 2.24) is 4.98 Å². The van der Waals surface area contributed by atoms with Crippen LogP contribution in [0.2, 0.25) is 0 Å². The predicted octanol–water partition coefficient (Wildman–Crippen LogP) is 2.00. The van der Waals surface area contributed by atoms with Gasteiger partial charge in [0.1, 0.15) is 6.42 Å². The fraction of sp³-hybridized carbons (Fsp3) is 0.167. The highest BCUT2D eigenvalue weighted by Gasteiger charge is 2.08. The number of nitriles is 1. The number of hydrogen-bond donors (Lipinski definition) is 0. The van der Waals surface area contributed by atoms with Crippen LogP contribution < -0.4 is 0 Å². The van der Waals surface area contributed by atoms with Crippen LogP contribution in [0.4, 0.5) is 0 Å². The van der Waals surface area contributed by atoms with E-state index >= 15 is 0 Å². The zero-order valence-corrected chi connectivity index (χ0v) is 7.78. The van der Waals surface area contributed by atoms with Gasteiger partial charge in [0.25, 0.3) is 0 Å². The molecule has 1 aromatic heterocycles. The van der Waals surface area contributed by atoms with Crippen molar-refractivity contribution in [2.75, 3.05) is 0 Å². The van der Waals surface area contributed by atoms with Crippen molar-refractivity contribution in [1.29, 1.82) is 5.26 Å². The van der Waals surface area contributed by atoms with E-state index in [9.17, 15) is 4.79 Å². The number of aromatic nitrogens is 1. The van der Waals surface area contributed by atoms with Crippen LogP contribution in [-0.2, 0) is 0 Å². The summed E-state index contributed by atoms with van der Waals surface area (Å²) in [4.78, 5) is 14.8. The summed E-state index contributed by atoms with van der Waals surface area (Å²) in [5.41, 5.74) is 0. The first-order chi connectivity index (χ1) is 5.24. The molecule has 0 bridgehead atoms. The number of carbonyl (C=O) groups is 1. The maximum atomic E-state index is 11.0. The van der Waals surface area contributed by atoms with Crippen LogP contribution in [0, 0.1) is 11.3 Å². The number of ketones is 1. The van der Waals surface area contributed by atoms with E-state index in [1.807, 2.05) is 0 Å². The number of nitrogens with zero attached hydrogens (tertiary/aromatic N) is 2. The van der Waals surface area contributed by atoms with Crippen LogP contribution in [0.1, 0.15) is 16.2 Å². The van der Waals surface area contributed by atoms with E-state index in [-0.39, 0.29) is 12.2 Å². The fourth-order valence-electron chi connectivity index (χ4n) is 0.531. The highest BCUT2D eigenvalue weighted by molar-refractivity contribution is 9.11. The van der Waals surface area contributed by atoms with Crippen molar-refractivity contribution >= 4 is 33.0 Å². The standard InChI is InChI=1S/C6H3BrN2OS/c7-5-3-9-6(11-5)4(10)1-2-8/h3H,1H2. The lowest BCUT2D eigenvalue weighted by atomic mass is 10.3. The maximum absolute atomic E-state index is 11.0. The fourth-order valence-corrected chi connectivity index (χ4v) is 1.67. The lowest BCUT2D eigenvalue weighted by molar-refractivity contribution is 0.0997. The molecule has 0 radical (unpaired) electrons. The molecule has 1 rings (SSSR count). The van der Waals surface area contributed by atoms with Crippen molar-refractivity contribution < 1.29 is 4.79 Å². The Balaban J connectivity index is 2.78. The molecule has 0 aliphatic carbocycles. The molecule has 0 saturated carbocycles. The molecule has 5 heteroatoms. The highest BCUT2D eigenvalue weighted by atomic mass is 79.9. The summed E-state index contributed by atoms with van der Waals surface area (Å²) in [6.07, 6.45) is 1.45. The van der Waals surface area contributed by atoms with E-state index in [0.29, 0.717) is 5.01 Å². The summed E-state index contributed by atoms with van der Waals surface area (Å²) in [6.45, 7) is 0. The summed E-state index contributed by atoms with van der Waals surface area (Å²) in [5.74, 6) is -0.219. The third-order valence-corrected chi connectivity index (χ3v) is 2.47. The molecule has 0 amide bonds. The molecule has 1 heterocycles. The molecule has 0 N–H and O–H groups in total. The number of thiazole rings is 1. The van der Waals surface area contributed by atoms with Gasteiger partial charge in [-0.25, -0.2) is 4.98 Å². The van der Waals surface area contributed by atoms with Crippen LogP contribution in [-0.4, -0.2) is 10.8 Å². The second kappa shape index (κ2) is 3.60. The summed E-state index contributed by atoms with van der Waals surface area (Å²) in [6, 6.07) is 1.78. The molecule has 1 aromatic rings. The first-order valence-electron chi connectivity index (χ1n) is 2.75. The Morgan fingerprint density at radius 3 is 3.09 bits per heavy atom. The van der Waals surface area contributed by atoms with Gasteiger partial charge >= 0.3 is 0 Å². The average molecular weight is 231 g/mol. The van der Waals surface area contributed by atoms with Gasteiger partial charge in [-0.05, 0) is 15.9 Å². The van der Waals surface area contributed by atoms with Gasteiger partial charge in [-0.2, -0.15) is 5.26 Å². The number of rotatable bonds is 2. The van der Waals surface area contributed by atoms with Crippen LogP contribution in [0.15, 0.2) is 9.98 Å². The van der Waals surface area contributed by atoms with Crippen molar-refractivity contribution in [3.63, 3.8) is 0 Å². The summed E-state index contributed by atoms with van der Waals surface area (Å²) < 4.78 is 0.804. The predicted molar refractivity (Wildman–Crippen MR) is 44.4 cm³/mol. The van der Waals surface area contributed by atoms with Crippen molar-refractivity contribution in [2.24, 2.45) is 0 Å². The first kappa shape index (κ1) is 8.37. The molecule has 0 unspecified atom stereocenters. The summed E-state index contributed by atoms with van der Waals surface area (Å²) in [7, 11) is 0. The lowest BCUT2D eigenvalue weighted by Crippen LogP contribution is -1.94. The zero-order valence-electron chi connectivity index (χ0n) is 5.37. The minimum Gasteiger partial charge on any atom is -0.290 e. The molecule has 0 saturated heterocycles. The largest absolute Gasteiger partial charge is 0.290 e. The van der Waals surface area contributed by atoms with Crippen LogP contribution in [0.3, 0.4) is 0 Å². The Morgan fingerprint density at radius 2 is 2.64 bits per heavy atom. The summed E-state index contributed by atoms with van der Waals surface area (Å²) in [5, 5.41) is 8.59. The maximum Gasteiger partial charge on any atom is 0.205 e. The van der Waals surface area contributed by atoms with E-state index in [1.54, 1.807) is 12.3 Å². The van der Waals surface area contributed by atoms with Gasteiger partial charge in [-0.15, -0.1) is 11.3 Å². The molecule has 56 valence electrons. The van der Waals surface area contributed by atoms with Crippen molar-refractivity contribution in [2.45, 2.75) is 6.42 Å². The van der Waals surface area contributed by atoms with Crippen LogP contribution in [0.5, 0.6) is 0 Å². The van der Waals surface area contributed by atoms with Gasteiger partial charge in [-0.3, -0.25) is 4.79 Å². The van der Waals surface area contributed by atoms with Gasteiger partial charge in [0, 0.05) is 0 Å². The Kier molecular flexibility index (Phi) is 2.74. The van der Waals surface area contributed by atoms with E-state index in [0.717, 1.165) is 3.79 Å². The Labute approximate surface area is 75.8 Å². The van der Waals surface area contributed by atoms with E-state index in [4.69, 9.17) is 5.26 Å². The van der Waals surface area contributed by atoms with Gasteiger partial charge in [0.05, 0.1) is 16.1 Å². The second-order valence-electron chi connectivity index (χ2n) is 1.73. The Hall–Kier alpha value is -0.730. The third kappa shape index (κ3) is 2.10. The molecule has 3 nitrogen and oxygen atoms in total. The Bertz CT molecular complexity index is 315. The highest BCUT2D eigenvalue weighted by Crippen LogP contribution is 2.19. The number of halogens is 1. The molecule has 0 aliphatic rings. The number of carbonyl (C=O) groups excluding carboxylic acids is 1. The van der Waals surface area contributed by atoms with Gasteiger partial charge in [0.2, 0.25) is 5.78 Å². The first-order valence-corrected chi connectivity index (χ1v) is 4.36. The average Bonchev–Trinajstić information content (AvgIpc) is 2.36. The SMILES string of the molecule is N#CCC(=O)c1ncc(Br)s1. The molecule has 0 fully saturated rings. The number of hydrogen-bond acceptors (Lipinski definition) is 4. The second-order valence-corrected chi connectivity index (χ2v) is 4.14. The lowest BCUT2D eigenvalue weighted by Gasteiger charge is -1.83. The van der Waals surface area contributed by atoms with E-state index in [2.05, 4.69) is 20.9 Å². The molecular weight excluding hydrogens is 228 g/mol. The van der Waals surface area contributed by atoms with Gasteiger partial charge < -0.3 is 0 Å². The molecule has 11 heavy (non-hydrogen) atoms. The minimum absolute atomic E-state index is 0.0973. The molecule has 0 spiro atoms. The van der Waals surface area contributed by atoms with Crippen LogP contribution in [0.25, 0.3) is 0 Å². The van der Waals surface area contributed by atoms with E-state index < -0.39 is 0 Å². The van der Waals surface area contributed by atoms with E-state index in [1.165, 1.54) is 11.3 Å². The smallest absolute Gasteiger partial charge is 0.205 e. The van der Waals surface area contributed by atoms with Crippen molar-refractivity contribution in [3.8, 4) is 6.07 Å². The van der Waals surface area contributed by atoms with Crippen LogP contribution >= 0.6 is 27.3 Å². The minimum atomic E-state index is -0.219. The monoisotopic (exact) mass is 230 g/mol. The number of Topliss-reactive ketones (excluding diaryl/α,β-unsaturated/α-hetero) is 1. The zero-order chi connectivity index (χ0) is 8.27. The molecule has 0 aromatic carbocycles.